The first-order valence-electron chi connectivity index (χ1n) is 11.0. The molecule has 0 aromatic heterocycles. The van der Waals surface area contributed by atoms with Gasteiger partial charge in [-0.05, 0) is 37.0 Å². The fourth-order valence-electron chi connectivity index (χ4n) is 4.38. The molecule has 0 saturated carbocycles. The minimum Gasteiger partial charge on any atom is -0.454 e. The lowest BCUT2D eigenvalue weighted by Crippen LogP contribution is -2.48. The van der Waals surface area contributed by atoms with Gasteiger partial charge in [0.1, 0.15) is 6.04 Å². The summed E-state index contributed by atoms with van der Waals surface area (Å²) in [4.78, 5) is 52.7. The number of benzene rings is 2. The number of amides is 3. The Morgan fingerprint density at radius 3 is 2.21 bits per heavy atom. The van der Waals surface area contributed by atoms with Crippen molar-refractivity contribution in [2.24, 2.45) is 11.8 Å². The average molecular weight is 447 g/mol. The first-order chi connectivity index (χ1) is 16.0. The Morgan fingerprint density at radius 1 is 0.970 bits per heavy atom. The van der Waals surface area contributed by atoms with Gasteiger partial charge in [-0.15, -0.1) is 0 Å². The molecule has 170 valence electrons. The number of carbonyl (C=O) groups is 4. The second kappa shape index (κ2) is 9.81. The van der Waals surface area contributed by atoms with Gasteiger partial charge >= 0.3 is 5.97 Å². The number of aryl methyl sites for hydroxylation is 1. The molecule has 2 aromatic rings. The maximum absolute atomic E-state index is 13.1. The van der Waals surface area contributed by atoms with E-state index in [0.717, 1.165) is 16.0 Å². The highest BCUT2D eigenvalue weighted by atomic mass is 16.5. The number of anilines is 1. The van der Waals surface area contributed by atoms with Crippen LogP contribution in [0.2, 0.25) is 0 Å². The molecular formula is C26H26N2O5. The van der Waals surface area contributed by atoms with E-state index in [9.17, 15) is 19.2 Å². The molecule has 0 radical (unpaired) electrons. The number of ether oxygens (including phenoxy) is 1. The highest BCUT2D eigenvalue weighted by Gasteiger charge is 2.51. The fraction of sp³-hybridized carbons (Fsp3) is 0.308. The molecule has 2 aromatic carbocycles. The Bertz CT molecular complexity index is 1070. The Labute approximate surface area is 192 Å². The zero-order chi connectivity index (χ0) is 23.4. The Balaban J connectivity index is 1.49. The molecule has 3 amide bonds. The number of likely N-dealkylation sites (tertiary alicyclic amines) is 1. The van der Waals surface area contributed by atoms with E-state index in [2.05, 4.69) is 5.32 Å². The number of nitrogens with one attached hydrogen (secondary N) is 1. The second-order valence-electron chi connectivity index (χ2n) is 8.38. The molecule has 1 fully saturated rings. The molecule has 4 rings (SSSR count). The lowest BCUT2D eigenvalue weighted by atomic mass is 9.85. The smallest absolute Gasteiger partial charge is 0.330 e. The number of hydrogen-bond donors (Lipinski definition) is 1. The van der Waals surface area contributed by atoms with Crippen LogP contribution in [-0.2, 0) is 30.3 Å². The van der Waals surface area contributed by atoms with Crippen LogP contribution in [-0.4, -0.2) is 41.2 Å². The van der Waals surface area contributed by atoms with E-state index >= 15 is 0 Å². The summed E-state index contributed by atoms with van der Waals surface area (Å²) in [6.45, 7) is 1.35. The summed E-state index contributed by atoms with van der Waals surface area (Å²) < 4.78 is 5.30. The molecule has 1 N–H and O–H groups in total. The molecule has 7 nitrogen and oxygen atoms in total. The largest absolute Gasteiger partial charge is 0.454 e. The van der Waals surface area contributed by atoms with Crippen molar-refractivity contribution < 1.29 is 23.9 Å². The zero-order valence-electron chi connectivity index (χ0n) is 18.4. The molecule has 1 aliphatic heterocycles. The van der Waals surface area contributed by atoms with Crippen LogP contribution in [0.25, 0.3) is 0 Å². The summed E-state index contributed by atoms with van der Waals surface area (Å²) in [5.74, 6) is -2.86. The van der Waals surface area contributed by atoms with Crippen molar-refractivity contribution in [3.8, 4) is 0 Å². The van der Waals surface area contributed by atoms with Gasteiger partial charge in [-0.2, -0.15) is 0 Å². The van der Waals surface area contributed by atoms with Gasteiger partial charge in [0.05, 0.1) is 11.8 Å². The van der Waals surface area contributed by atoms with E-state index in [-0.39, 0.29) is 18.2 Å². The van der Waals surface area contributed by atoms with Crippen LogP contribution in [0, 0.1) is 18.8 Å². The summed E-state index contributed by atoms with van der Waals surface area (Å²) in [7, 11) is 0. The fourth-order valence-corrected chi connectivity index (χ4v) is 4.38. The van der Waals surface area contributed by atoms with Crippen LogP contribution in [0.3, 0.4) is 0 Å². The van der Waals surface area contributed by atoms with E-state index in [1.54, 1.807) is 12.1 Å². The van der Waals surface area contributed by atoms with Crippen molar-refractivity contribution in [3.63, 3.8) is 0 Å². The quantitative estimate of drug-likeness (QED) is 0.401. The normalized spacial score (nSPS) is 20.3. The number of para-hydroxylation sites is 1. The minimum atomic E-state index is -1.12. The van der Waals surface area contributed by atoms with Gasteiger partial charge in [0, 0.05) is 12.1 Å². The summed E-state index contributed by atoms with van der Waals surface area (Å²) in [6.07, 6.45) is 4.89. The van der Waals surface area contributed by atoms with Crippen molar-refractivity contribution >= 4 is 29.4 Å². The molecule has 2 aliphatic rings. The van der Waals surface area contributed by atoms with Gasteiger partial charge in [0.25, 0.3) is 5.91 Å². The Kier molecular flexibility index (Phi) is 6.68. The summed E-state index contributed by atoms with van der Waals surface area (Å²) >= 11 is 0. The summed E-state index contributed by atoms with van der Waals surface area (Å²) in [5, 5.41) is 2.71. The van der Waals surface area contributed by atoms with Crippen molar-refractivity contribution in [2.45, 2.75) is 32.2 Å². The highest BCUT2D eigenvalue weighted by Crippen LogP contribution is 2.36. The standard InChI is InChI=1S/C26H26N2O5/c1-17-9-5-8-14-21(17)27-23(29)16-33-26(32)22(15-18-10-3-2-4-11-18)28-24(30)19-12-6-7-13-20(19)25(28)31/h2-11,14,19-20,22H,12-13,15-16H2,1H3,(H,27,29)/t19-,20-,22+/m1/s1. The van der Waals surface area contributed by atoms with Gasteiger partial charge in [-0.3, -0.25) is 19.3 Å². The molecule has 33 heavy (non-hydrogen) atoms. The number of carbonyl (C=O) groups excluding carboxylic acids is 4. The van der Waals surface area contributed by atoms with Crippen LogP contribution in [0.1, 0.15) is 24.0 Å². The summed E-state index contributed by atoms with van der Waals surface area (Å²) in [5.41, 5.74) is 2.29. The van der Waals surface area contributed by atoms with E-state index in [0.29, 0.717) is 18.5 Å². The Morgan fingerprint density at radius 2 is 1.58 bits per heavy atom. The van der Waals surface area contributed by atoms with E-state index in [4.69, 9.17) is 4.74 Å². The van der Waals surface area contributed by atoms with Gasteiger partial charge in [0.2, 0.25) is 11.8 Å². The number of imide groups is 1. The van der Waals surface area contributed by atoms with Crippen LogP contribution < -0.4 is 5.32 Å². The molecule has 0 spiro atoms. The van der Waals surface area contributed by atoms with Crippen LogP contribution in [0.15, 0.2) is 66.7 Å². The molecule has 0 bridgehead atoms. The van der Waals surface area contributed by atoms with Crippen molar-refractivity contribution in [1.29, 1.82) is 0 Å². The SMILES string of the molecule is Cc1ccccc1NC(=O)COC(=O)[C@H](Cc1ccccc1)N1C(=O)[C@@H]2CC=CC[C@H]2C1=O. The first kappa shape index (κ1) is 22.5. The molecule has 1 aliphatic carbocycles. The topological polar surface area (TPSA) is 92.8 Å². The second-order valence-corrected chi connectivity index (χ2v) is 8.38. The average Bonchev–Trinajstić information content (AvgIpc) is 3.08. The number of esters is 1. The van der Waals surface area contributed by atoms with E-state index < -0.39 is 36.4 Å². The third-order valence-corrected chi connectivity index (χ3v) is 6.16. The first-order valence-corrected chi connectivity index (χ1v) is 11.0. The lowest BCUT2D eigenvalue weighted by molar-refractivity contribution is -0.159. The molecule has 0 unspecified atom stereocenters. The van der Waals surface area contributed by atoms with Gasteiger partial charge in [-0.25, -0.2) is 4.79 Å². The summed E-state index contributed by atoms with van der Waals surface area (Å²) in [6, 6.07) is 15.3. The number of nitrogens with zero attached hydrogens (tertiary/aromatic N) is 1. The van der Waals surface area contributed by atoms with Crippen molar-refractivity contribution in [1.82, 2.24) is 4.90 Å². The molecule has 7 heteroatoms. The molecule has 3 atom stereocenters. The van der Waals surface area contributed by atoms with Gasteiger partial charge in [-0.1, -0.05) is 60.7 Å². The number of rotatable bonds is 7. The number of allylic oxidation sites excluding steroid dienone is 2. The molecule has 1 heterocycles. The predicted octanol–water partition coefficient (Wildman–Crippen LogP) is 3.04. The number of fused-ring (bicyclic) bond motifs is 1. The molecule has 1 saturated heterocycles. The van der Waals surface area contributed by atoms with Crippen LogP contribution >= 0.6 is 0 Å². The van der Waals surface area contributed by atoms with Crippen LogP contribution in [0.5, 0.6) is 0 Å². The minimum absolute atomic E-state index is 0.128. The van der Waals surface area contributed by atoms with E-state index in [1.165, 1.54) is 0 Å². The maximum Gasteiger partial charge on any atom is 0.330 e. The van der Waals surface area contributed by atoms with Crippen molar-refractivity contribution in [2.75, 3.05) is 11.9 Å². The third kappa shape index (κ3) is 4.87. The van der Waals surface area contributed by atoms with E-state index in [1.807, 2.05) is 61.5 Å². The third-order valence-electron chi connectivity index (χ3n) is 6.16. The monoisotopic (exact) mass is 446 g/mol. The lowest BCUT2D eigenvalue weighted by Gasteiger charge is -2.25. The van der Waals surface area contributed by atoms with Gasteiger partial charge in [0.15, 0.2) is 6.61 Å². The van der Waals surface area contributed by atoms with Crippen molar-refractivity contribution in [3.05, 3.63) is 77.9 Å². The highest BCUT2D eigenvalue weighted by molar-refractivity contribution is 6.08. The van der Waals surface area contributed by atoms with Gasteiger partial charge < -0.3 is 10.1 Å². The Hall–Kier alpha value is -3.74. The predicted molar refractivity (Wildman–Crippen MR) is 122 cm³/mol. The zero-order valence-corrected chi connectivity index (χ0v) is 18.4. The van der Waals surface area contributed by atoms with Crippen LogP contribution in [0.4, 0.5) is 5.69 Å². The maximum atomic E-state index is 13.1. The number of hydrogen-bond acceptors (Lipinski definition) is 5. The molecular weight excluding hydrogens is 420 g/mol.